The van der Waals surface area contributed by atoms with Crippen molar-refractivity contribution in [2.45, 2.75) is 32.7 Å². The Kier molecular flexibility index (Phi) is 5.83. The van der Waals surface area contributed by atoms with Crippen molar-refractivity contribution in [3.8, 4) is 22.8 Å². The molecule has 0 spiro atoms. The number of benzene rings is 2. The summed E-state index contributed by atoms with van der Waals surface area (Å²) < 4.78 is 8.10. The molecule has 9 heteroatoms. The highest BCUT2D eigenvalue weighted by Crippen LogP contribution is 2.35. The number of halogens is 1. The van der Waals surface area contributed by atoms with Crippen molar-refractivity contribution in [2.24, 2.45) is 5.92 Å². The molecular weight excluding hydrogens is 462 g/mol. The van der Waals surface area contributed by atoms with Crippen LogP contribution < -0.4 is 10.1 Å². The number of hydrogen-bond acceptors (Lipinski definition) is 6. The third-order valence-corrected chi connectivity index (χ3v) is 6.94. The van der Waals surface area contributed by atoms with E-state index in [0.717, 1.165) is 60.1 Å². The first-order valence-corrected chi connectivity index (χ1v) is 12.3. The van der Waals surface area contributed by atoms with Crippen molar-refractivity contribution in [1.82, 2.24) is 35.0 Å². The van der Waals surface area contributed by atoms with E-state index in [4.69, 9.17) is 21.3 Å². The molecule has 1 saturated heterocycles. The molecule has 0 unspecified atom stereocenters. The normalized spacial score (nSPS) is 14.7. The fraction of sp³-hybridized carbons (Fsp3) is 0.308. The number of imidazole rings is 1. The van der Waals surface area contributed by atoms with Crippen LogP contribution in [0.1, 0.15) is 25.1 Å². The monoisotopic (exact) mass is 487 g/mol. The Hall–Kier alpha value is -3.49. The quantitative estimate of drug-likeness (QED) is 0.328. The van der Waals surface area contributed by atoms with E-state index < -0.39 is 0 Å². The first-order chi connectivity index (χ1) is 17.1. The molecule has 6 rings (SSSR count). The molecule has 35 heavy (non-hydrogen) atoms. The summed E-state index contributed by atoms with van der Waals surface area (Å²) in [5, 5.41) is 8.40. The van der Waals surface area contributed by atoms with Crippen LogP contribution in [0.4, 0.5) is 0 Å². The highest BCUT2D eigenvalue weighted by Gasteiger charge is 2.15. The molecule has 3 aromatic heterocycles. The first-order valence-electron chi connectivity index (χ1n) is 12.0. The molecule has 0 saturated carbocycles. The van der Waals surface area contributed by atoms with Crippen LogP contribution in [-0.2, 0) is 6.54 Å². The topological polar surface area (TPSA) is 93.5 Å². The summed E-state index contributed by atoms with van der Waals surface area (Å²) in [5.74, 6) is 2.82. The third kappa shape index (κ3) is 4.59. The minimum Gasteiger partial charge on any atom is -0.456 e. The highest BCUT2D eigenvalue weighted by atomic mass is 35.5. The second-order valence-electron chi connectivity index (χ2n) is 9.08. The van der Waals surface area contributed by atoms with Gasteiger partial charge in [-0.05, 0) is 69.5 Å². The van der Waals surface area contributed by atoms with Gasteiger partial charge >= 0.3 is 0 Å². The minimum absolute atomic E-state index is 0.427. The van der Waals surface area contributed by atoms with Crippen molar-refractivity contribution in [3.05, 3.63) is 59.8 Å². The van der Waals surface area contributed by atoms with E-state index in [-0.39, 0.29) is 0 Å². The largest absolute Gasteiger partial charge is 0.456 e. The van der Waals surface area contributed by atoms with Crippen LogP contribution in [0.3, 0.4) is 0 Å². The van der Waals surface area contributed by atoms with Gasteiger partial charge in [0.2, 0.25) is 0 Å². The maximum atomic E-state index is 6.74. The van der Waals surface area contributed by atoms with Crippen LogP contribution in [-0.4, -0.2) is 42.8 Å². The predicted molar refractivity (Wildman–Crippen MR) is 137 cm³/mol. The van der Waals surface area contributed by atoms with Gasteiger partial charge in [-0.3, -0.25) is 9.67 Å². The van der Waals surface area contributed by atoms with E-state index >= 15 is 0 Å². The summed E-state index contributed by atoms with van der Waals surface area (Å²) >= 11 is 6.74. The number of aryl methyl sites for hydroxylation is 2. The number of piperidine rings is 1. The van der Waals surface area contributed by atoms with Crippen molar-refractivity contribution >= 4 is 33.7 Å². The highest BCUT2D eigenvalue weighted by molar-refractivity contribution is 6.36. The summed E-state index contributed by atoms with van der Waals surface area (Å²) in [6.45, 7) is 5.07. The summed E-state index contributed by atoms with van der Waals surface area (Å²) in [7, 11) is 0. The Labute approximate surface area is 207 Å². The smallest absolute Gasteiger partial charge is 0.148 e. The number of aromatic amines is 1. The number of hydrogen-bond donors (Lipinski definition) is 2. The molecule has 2 N–H and O–H groups in total. The van der Waals surface area contributed by atoms with Crippen LogP contribution in [0.25, 0.3) is 33.3 Å². The summed E-state index contributed by atoms with van der Waals surface area (Å²) in [6.07, 6.45) is 9.26. The number of H-pyrrole nitrogens is 1. The molecule has 0 aliphatic carbocycles. The van der Waals surface area contributed by atoms with Gasteiger partial charge in [0.25, 0.3) is 0 Å². The number of nitrogens with one attached hydrogen (secondary N) is 2. The van der Waals surface area contributed by atoms with E-state index in [9.17, 15) is 0 Å². The molecule has 1 fully saturated rings. The van der Waals surface area contributed by atoms with E-state index in [2.05, 4.69) is 25.4 Å². The summed E-state index contributed by atoms with van der Waals surface area (Å²) in [6, 6.07) is 9.40. The van der Waals surface area contributed by atoms with Gasteiger partial charge in [-0.15, -0.1) is 0 Å². The second kappa shape index (κ2) is 9.28. The fourth-order valence-electron chi connectivity index (χ4n) is 4.65. The lowest BCUT2D eigenvalue weighted by atomic mass is 9.95. The molecule has 1 aliphatic heterocycles. The molecule has 0 bridgehead atoms. The van der Waals surface area contributed by atoms with Gasteiger partial charge in [-0.1, -0.05) is 11.6 Å². The molecule has 0 amide bonds. The number of rotatable bonds is 6. The fourth-order valence-corrected chi connectivity index (χ4v) is 4.90. The molecule has 0 radical (unpaired) electrons. The SMILES string of the molecule is Cc1nc2ccc(Oc3ccc4ncc(-c5cnn(CCC6CCNCC6)c5)nc4c3Cl)cc2[nH]1. The van der Waals surface area contributed by atoms with Crippen LogP contribution >= 0.6 is 11.6 Å². The Morgan fingerprint density at radius 2 is 1.94 bits per heavy atom. The van der Waals surface area contributed by atoms with Crippen LogP contribution in [0.15, 0.2) is 48.9 Å². The number of aromatic nitrogens is 6. The van der Waals surface area contributed by atoms with E-state index in [0.29, 0.717) is 27.6 Å². The van der Waals surface area contributed by atoms with E-state index in [1.54, 1.807) is 6.20 Å². The van der Waals surface area contributed by atoms with Gasteiger partial charge in [0.05, 0.1) is 34.6 Å². The van der Waals surface area contributed by atoms with Gasteiger partial charge in [-0.2, -0.15) is 5.10 Å². The van der Waals surface area contributed by atoms with Crippen LogP contribution in [0.5, 0.6) is 11.5 Å². The molecule has 1 aliphatic rings. The Balaban J connectivity index is 1.23. The van der Waals surface area contributed by atoms with Crippen molar-refractivity contribution in [1.29, 1.82) is 0 Å². The average Bonchev–Trinajstić information content (AvgIpc) is 3.50. The van der Waals surface area contributed by atoms with E-state index in [1.165, 1.54) is 12.8 Å². The molecule has 5 aromatic rings. The Morgan fingerprint density at radius 3 is 2.83 bits per heavy atom. The molecule has 0 atom stereocenters. The maximum absolute atomic E-state index is 6.74. The summed E-state index contributed by atoms with van der Waals surface area (Å²) in [4.78, 5) is 17.0. The van der Waals surface area contributed by atoms with Crippen molar-refractivity contribution < 1.29 is 4.74 Å². The standard InChI is InChI=1S/C26H26ClN7O/c1-16-31-20-3-2-19(12-22(20)32-16)35-24-5-4-21-26(25(24)27)33-23(14-29-21)18-13-30-34(15-18)11-8-17-6-9-28-10-7-17/h2-5,12-15,17,28H,6-11H2,1H3,(H,31,32). The molecule has 2 aromatic carbocycles. The number of ether oxygens (including phenoxy) is 1. The molecule has 4 heterocycles. The molecular formula is C26H26ClN7O. The minimum atomic E-state index is 0.427. The zero-order valence-corrected chi connectivity index (χ0v) is 20.2. The average molecular weight is 488 g/mol. The Morgan fingerprint density at radius 1 is 1.09 bits per heavy atom. The van der Waals surface area contributed by atoms with Gasteiger partial charge in [0.15, 0.2) is 0 Å². The lowest BCUT2D eigenvalue weighted by Gasteiger charge is -2.22. The zero-order valence-electron chi connectivity index (χ0n) is 19.5. The van der Waals surface area contributed by atoms with Crippen LogP contribution in [0.2, 0.25) is 5.02 Å². The lowest BCUT2D eigenvalue weighted by Crippen LogP contribution is -2.28. The lowest BCUT2D eigenvalue weighted by molar-refractivity contribution is 0.332. The van der Waals surface area contributed by atoms with Gasteiger partial charge in [0, 0.05) is 24.4 Å². The van der Waals surface area contributed by atoms with Crippen molar-refractivity contribution in [3.63, 3.8) is 0 Å². The number of fused-ring (bicyclic) bond motifs is 2. The first kappa shape index (κ1) is 22.0. The predicted octanol–water partition coefficient (Wildman–Crippen LogP) is 5.51. The Bertz CT molecular complexity index is 1500. The molecule has 8 nitrogen and oxygen atoms in total. The maximum Gasteiger partial charge on any atom is 0.148 e. The van der Waals surface area contributed by atoms with E-state index in [1.807, 2.05) is 54.3 Å². The van der Waals surface area contributed by atoms with Crippen molar-refractivity contribution in [2.75, 3.05) is 13.1 Å². The van der Waals surface area contributed by atoms with Gasteiger partial charge < -0.3 is 15.0 Å². The third-order valence-electron chi connectivity index (χ3n) is 6.57. The molecule has 178 valence electrons. The number of nitrogens with zero attached hydrogens (tertiary/aromatic N) is 5. The van der Waals surface area contributed by atoms with Crippen LogP contribution in [0, 0.1) is 12.8 Å². The van der Waals surface area contributed by atoms with Gasteiger partial charge in [0.1, 0.15) is 27.9 Å². The van der Waals surface area contributed by atoms with Gasteiger partial charge in [-0.25, -0.2) is 9.97 Å². The zero-order chi connectivity index (χ0) is 23.8. The second-order valence-corrected chi connectivity index (χ2v) is 9.46. The summed E-state index contributed by atoms with van der Waals surface area (Å²) in [5.41, 5.74) is 4.78.